The number of nitrogens with zero attached hydrogens (tertiary/aromatic N) is 2. The molecule has 0 atom stereocenters. The largest absolute Gasteiger partial charge is 0.454 e. The zero-order valence-corrected chi connectivity index (χ0v) is 17.2. The van der Waals surface area contributed by atoms with Crippen LogP contribution in [0.2, 0.25) is 0 Å². The highest BCUT2D eigenvalue weighted by molar-refractivity contribution is 6.13. The molecule has 2 heterocycles. The minimum atomic E-state index is 0.645. The predicted octanol–water partition coefficient (Wildman–Crippen LogP) is 6.23. The summed E-state index contributed by atoms with van der Waals surface area (Å²) < 4.78 is 8.71. The Morgan fingerprint density at radius 2 is 1.60 bits per heavy atom. The molecule has 0 spiro atoms. The van der Waals surface area contributed by atoms with E-state index < -0.39 is 0 Å². The molecule has 3 nitrogen and oxygen atoms in total. The van der Waals surface area contributed by atoms with Crippen molar-refractivity contribution in [1.29, 1.82) is 5.26 Å². The number of nitriles is 1. The van der Waals surface area contributed by atoms with Crippen LogP contribution in [0.4, 0.5) is 0 Å². The van der Waals surface area contributed by atoms with E-state index in [0.29, 0.717) is 5.56 Å². The summed E-state index contributed by atoms with van der Waals surface area (Å²) in [7, 11) is 2.06. The van der Waals surface area contributed by atoms with Gasteiger partial charge in [0.1, 0.15) is 18.2 Å². The number of pyridine rings is 1. The van der Waals surface area contributed by atoms with Crippen molar-refractivity contribution in [3.63, 3.8) is 0 Å². The molecular formula is C27H21N2O+. The maximum absolute atomic E-state index is 9.59. The fourth-order valence-corrected chi connectivity index (χ4v) is 4.23. The number of benzene rings is 3. The lowest BCUT2D eigenvalue weighted by Crippen LogP contribution is -2.30. The van der Waals surface area contributed by atoms with Crippen LogP contribution in [0, 0.1) is 25.2 Å². The van der Waals surface area contributed by atoms with Crippen LogP contribution in [0.25, 0.3) is 44.3 Å². The average molecular weight is 389 g/mol. The van der Waals surface area contributed by atoms with Gasteiger partial charge in [0.15, 0.2) is 6.20 Å². The van der Waals surface area contributed by atoms with Gasteiger partial charge in [-0.25, -0.2) is 4.57 Å². The summed E-state index contributed by atoms with van der Waals surface area (Å²) >= 11 is 0. The monoisotopic (exact) mass is 389 g/mol. The lowest BCUT2D eigenvalue weighted by atomic mass is 9.97. The van der Waals surface area contributed by atoms with Crippen molar-refractivity contribution in [2.24, 2.45) is 7.05 Å². The van der Waals surface area contributed by atoms with Crippen molar-refractivity contribution in [2.75, 3.05) is 0 Å². The van der Waals surface area contributed by atoms with E-state index in [4.69, 9.17) is 4.42 Å². The summed E-state index contributed by atoms with van der Waals surface area (Å²) in [4.78, 5) is 0. The molecule has 5 rings (SSSR count). The molecule has 0 aliphatic heterocycles. The molecule has 0 saturated carbocycles. The van der Waals surface area contributed by atoms with Crippen molar-refractivity contribution < 1.29 is 8.98 Å². The Hall–Kier alpha value is -3.90. The summed E-state index contributed by atoms with van der Waals surface area (Å²) in [5.74, 6) is 0. The van der Waals surface area contributed by atoms with Crippen molar-refractivity contribution >= 4 is 21.9 Å². The number of furan rings is 1. The third-order valence-corrected chi connectivity index (χ3v) is 5.77. The Morgan fingerprint density at radius 3 is 2.43 bits per heavy atom. The first-order valence-corrected chi connectivity index (χ1v) is 9.99. The summed E-state index contributed by atoms with van der Waals surface area (Å²) in [6, 6.07) is 24.7. The maximum atomic E-state index is 9.59. The molecular weight excluding hydrogens is 368 g/mol. The number of para-hydroxylation sites is 1. The lowest BCUT2D eigenvalue weighted by molar-refractivity contribution is -0.660. The summed E-state index contributed by atoms with van der Waals surface area (Å²) in [6.07, 6.45) is 2.08. The standard InChI is InChI=1S/C27H21N2O/c1-17-13-14-29(3)24(15-17)25-18(2)11-12-23-22-10-6-9-21(26(22)30-27(23)25)20-8-5-4-7-19(20)16-28/h4-15H,1-3H3/q+1. The Morgan fingerprint density at radius 1 is 0.833 bits per heavy atom. The van der Waals surface area contributed by atoms with Gasteiger partial charge in [-0.3, -0.25) is 0 Å². The van der Waals surface area contributed by atoms with E-state index in [1.54, 1.807) is 0 Å². The topological polar surface area (TPSA) is 40.8 Å². The van der Waals surface area contributed by atoms with Gasteiger partial charge >= 0.3 is 0 Å². The fourth-order valence-electron chi connectivity index (χ4n) is 4.23. The molecule has 30 heavy (non-hydrogen) atoms. The average Bonchev–Trinajstić information content (AvgIpc) is 3.14. The zero-order chi connectivity index (χ0) is 20.8. The Balaban J connectivity index is 1.89. The number of aryl methyl sites for hydroxylation is 3. The molecule has 0 fully saturated rings. The van der Waals surface area contributed by atoms with Crippen LogP contribution in [0.3, 0.4) is 0 Å². The minimum absolute atomic E-state index is 0.645. The molecule has 0 N–H and O–H groups in total. The predicted molar refractivity (Wildman–Crippen MR) is 120 cm³/mol. The molecule has 0 radical (unpaired) electrons. The van der Waals surface area contributed by atoms with Crippen molar-refractivity contribution in [3.8, 4) is 28.5 Å². The third-order valence-electron chi connectivity index (χ3n) is 5.77. The van der Waals surface area contributed by atoms with Gasteiger partial charge in [0.25, 0.3) is 0 Å². The maximum Gasteiger partial charge on any atom is 0.216 e. The Labute approximate surface area is 175 Å². The third kappa shape index (κ3) is 2.69. The van der Waals surface area contributed by atoms with E-state index in [1.807, 2.05) is 36.4 Å². The number of rotatable bonds is 2. The second kappa shape index (κ2) is 6.86. The molecule has 5 aromatic rings. The Bertz CT molecular complexity index is 1480. The highest BCUT2D eigenvalue weighted by atomic mass is 16.3. The highest BCUT2D eigenvalue weighted by Gasteiger charge is 2.22. The van der Waals surface area contributed by atoms with Crippen LogP contribution in [0.15, 0.2) is 77.3 Å². The molecule has 0 saturated heterocycles. The normalized spacial score (nSPS) is 11.1. The summed E-state index contributed by atoms with van der Waals surface area (Å²) in [5, 5.41) is 11.7. The first-order valence-electron chi connectivity index (χ1n) is 9.99. The molecule has 0 unspecified atom stereocenters. The van der Waals surface area contributed by atoms with Crippen LogP contribution in [-0.2, 0) is 7.05 Å². The van der Waals surface area contributed by atoms with E-state index in [-0.39, 0.29) is 0 Å². The van der Waals surface area contributed by atoms with Crippen LogP contribution in [-0.4, -0.2) is 0 Å². The van der Waals surface area contributed by atoms with Crippen molar-refractivity contribution in [1.82, 2.24) is 0 Å². The number of hydrogen-bond acceptors (Lipinski definition) is 2. The highest BCUT2D eigenvalue weighted by Crippen LogP contribution is 2.41. The number of fused-ring (bicyclic) bond motifs is 3. The van der Waals surface area contributed by atoms with E-state index in [9.17, 15) is 5.26 Å². The van der Waals surface area contributed by atoms with E-state index in [2.05, 4.69) is 68.1 Å². The first kappa shape index (κ1) is 18.1. The SMILES string of the molecule is Cc1cc[n+](C)c(-c2c(C)ccc3c2oc2c(-c4ccccc4C#N)cccc23)c1. The molecule has 3 aromatic carbocycles. The van der Waals surface area contributed by atoms with Gasteiger partial charge in [0, 0.05) is 34.0 Å². The van der Waals surface area contributed by atoms with Gasteiger partial charge in [-0.2, -0.15) is 5.26 Å². The van der Waals surface area contributed by atoms with Crippen molar-refractivity contribution in [3.05, 3.63) is 89.6 Å². The quantitative estimate of drug-likeness (QED) is 0.336. The summed E-state index contributed by atoms with van der Waals surface area (Å²) in [5.41, 5.74) is 8.78. The first-order chi connectivity index (χ1) is 14.6. The van der Waals surface area contributed by atoms with Crippen LogP contribution >= 0.6 is 0 Å². The van der Waals surface area contributed by atoms with Crippen LogP contribution < -0.4 is 4.57 Å². The molecule has 2 aromatic heterocycles. The van der Waals surface area contributed by atoms with Gasteiger partial charge in [-0.1, -0.05) is 48.5 Å². The fraction of sp³-hybridized carbons (Fsp3) is 0.111. The van der Waals surface area contributed by atoms with Crippen LogP contribution in [0.1, 0.15) is 16.7 Å². The van der Waals surface area contributed by atoms with Crippen LogP contribution in [0.5, 0.6) is 0 Å². The van der Waals surface area contributed by atoms with Gasteiger partial charge in [-0.05, 0) is 31.0 Å². The zero-order valence-electron chi connectivity index (χ0n) is 17.2. The second-order valence-corrected chi connectivity index (χ2v) is 7.78. The van der Waals surface area contributed by atoms with E-state index in [1.165, 1.54) is 11.1 Å². The van der Waals surface area contributed by atoms with E-state index >= 15 is 0 Å². The molecule has 0 aliphatic carbocycles. The van der Waals surface area contributed by atoms with Crippen molar-refractivity contribution in [2.45, 2.75) is 13.8 Å². The molecule has 144 valence electrons. The van der Waals surface area contributed by atoms with Gasteiger partial charge < -0.3 is 4.42 Å². The molecule has 3 heteroatoms. The lowest BCUT2D eigenvalue weighted by Gasteiger charge is -2.06. The molecule has 0 amide bonds. The molecule has 0 bridgehead atoms. The smallest absolute Gasteiger partial charge is 0.216 e. The second-order valence-electron chi connectivity index (χ2n) is 7.78. The van der Waals surface area contributed by atoms with E-state index in [0.717, 1.165) is 44.3 Å². The number of aromatic nitrogens is 1. The number of hydrogen-bond donors (Lipinski definition) is 0. The molecule has 0 aliphatic rings. The van der Waals surface area contributed by atoms with Gasteiger partial charge in [0.05, 0.1) is 17.2 Å². The van der Waals surface area contributed by atoms with Gasteiger partial charge in [0.2, 0.25) is 5.69 Å². The summed E-state index contributed by atoms with van der Waals surface area (Å²) in [6.45, 7) is 4.23. The van der Waals surface area contributed by atoms with Gasteiger partial charge in [-0.15, -0.1) is 0 Å². The minimum Gasteiger partial charge on any atom is -0.454 e. The Kier molecular flexibility index (Phi) is 4.15.